The van der Waals surface area contributed by atoms with E-state index in [1.54, 1.807) is 38.3 Å². The van der Waals surface area contributed by atoms with Crippen LogP contribution in [0.2, 0.25) is 0 Å². The van der Waals surface area contributed by atoms with Crippen molar-refractivity contribution in [1.29, 1.82) is 0 Å². The minimum atomic E-state index is -4.54. The zero-order chi connectivity index (χ0) is 20.3. The minimum absolute atomic E-state index is 0.0646. The molecule has 0 saturated carbocycles. The Bertz CT molecular complexity index is 979. The second kappa shape index (κ2) is 7.75. The molecule has 0 aliphatic carbocycles. The van der Waals surface area contributed by atoms with Crippen LogP contribution in [0.15, 0.2) is 54.6 Å². The summed E-state index contributed by atoms with van der Waals surface area (Å²) in [7, 11) is 1.55. The van der Waals surface area contributed by atoms with Gasteiger partial charge in [-0.05, 0) is 36.8 Å². The number of carbonyl (C=O) groups is 1. The maximum Gasteiger partial charge on any atom is 0.418 e. The van der Waals surface area contributed by atoms with Gasteiger partial charge in [0.1, 0.15) is 11.6 Å². The lowest BCUT2D eigenvalue weighted by Gasteiger charge is -2.15. The first-order valence-electron chi connectivity index (χ1n) is 8.44. The number of amides is 1. The Hall–Kier alpha value is -3.29. The summed E-state index contributed by atoms with van der Waals surface area (Å²) in [6.07, 6.45) is -4.48. The van der Waals surface area contributed by atoms with Crippen molar-refractivity contribution in [3.63, 3.8) is 0 Å². The molecule has 0 atom stereocenters. The molecule has 8 heteroatoms. The van der Waals surface area contributed by atoms with Gasteiger partial charge in [-0.2, -0.15) is 18.3 Å². The second-order valence-electron chi connectivity index (χ2n) is 6.17. The number of nitrogens with zero attached hydrogens (tertiary/aromatic N) is 2. The molecule has 28 heavy (non-hydrogen) atoms. The molecular weight excluding hydrogens is 371 g/mol. The molecule has 0 fully saturated rings. The summed E-state index contributed by atoms with van der Waals surface area (Å²) >= 11 is 0. The molecule has 0 unspecified atom stereocenters. The van der Waals surface area contributed by atoms with Crippen molar-refractivity contribution >= 4 is 11.7 Å². The summed E-state index contributed by atoms with van der Waals surface area (Å²) in [5, 5.41) is 6.77. The van der Waals surface area contributed by atoms with Crippen molar-refractivity contribution in [2.75, 3.05) is 12.4 Å². The summed E-state index contributed by atoms with van der Waals surface area (Å²) in [5.41, 5.74) is 0.250. The molecule has 1 aromatic heterocycles. The van der Waals surface area contributed by atoms with Crippen molar-refractivity contribution in [1.82, 2.24) is 9.78 Å². The number of hydrogen-bond acceptors (Lipinski definition) is 3. The molecule has 0 saturated heterocycles. The Labute approximate surface area is 159 Å². The lowest BCUT2D eigenvalue weighted by Crippen LogP contribution is -2.18. The van der Waals surface area contributed by atoms with Crippen LogP contribution in [0.3, 0.4) is 0 Å². The van der Waals surface area contributed by atoms with Crippen LogP contribution in [0.4, 0.5) is 19.0 Å². The van der Waals surface area contributed by atoms with Crippen LogP contribution >= 0.6 is 0 Å². The highest BCUT2D eigenvalue weighted by molar-refractivity contribution is 5.91. The molecule has 2 aromatic carbocycles. The standard InChI is InChI=1S/C20H18F3N3O2/c1-13-11-18(24-19(27)12-14-7-9-15(28-2)10-8-14)26(25-13)17-6-4-3-5-16(17)20(21,22)23/h3-11H,12H2,1-2H3,(H,24,27). The first-order chi connectivity index (χ1) is 13.3. The third kappa shape index (κ3) is 4.33. The number of anilines is 1. The number of rotatable bonds is 5. The average Bonchev–Trinajstić information content (AvgIpc) is 3.01. The number of halogens is 3. The summed E-state index contributed by atoms with van der Waals surface area (Å²) < 4.78 is 46.2. The molecule has 0 aliphatic heterocycles. The molecular formula is C20H18F3N3O2. The molecule has 1 heterocycles. The smallest absolute Gasteiger partial charge is 0.418 e. The predicted molar refractivity (Wildman–Crippen MR) is 98.6 cm³/mol. The number of ether oxygens (including phenoxy) is 1. The van der Waals surface area contributed by atoms with E-state index in [9.17, 15) is 18.0 Å². The fraction of sp³-hybridized carbons (Fsp3) is 0.200. The normalized spacial score (nSPS) is 11.3. The molecule has 0 radical (unpaired) electrons. The molecule has 0 aliphatic rings. The molecule has 1 N–H and O–H groups in total. The second-order valence-corrected chi connectivity index (χ2v) is 6.17. The van der Waals surface area contributed by atoms with E-state index in [4.69, 9.17) is 4.74 Å². The van der Waals surface area contributed by atoms with E-state index >= 15 is 0 Å². The average molecular weight is 389 g/mol. The Morgan fingerprint density at radius 3 is 2.46 bits per heavy atom. The van der Waals surface area contributed by atoms with E-state index in [0.29, 0.717) is 11.4 Å². The van der Waals surface area contributed by atoms with Gasteiger partial charge in [0, 0.05) is 6.07 Å². The first kappa shape index (κ1) is 19.5. The largest absolute Gasteiger partial charge is 0.497 e. The van der Waals surface area contributed by atoms with Gasteiger partial charge >= 0.3 is 6.18 Å². The third-order valence-corrected chi connectivity index (χ3v) is 4.06. The van der Waals surface area contributed by atoms with E-state index < -0.39 is 11.7 Å². The van der Waals surface area contributed by atoms with Crippen molar-refractivity contribution in [3.05, 3.63) is 71.4 Å². The number of aryl methyl sites for hydroxylation is 1. The van der Waals surface area contributed by atoms with Crippen LogP contribution in [-0.2, 0) is 17.4 Å². The van der Waals surface area contributed by atoms with Crippen molar-refractivity contribution in [2.45, 2.75) is 19.5 Å². The first-order valence-corrected chi connectivity index (χ1v) is 8.44. The van der Waals surface area contributed by atoms with E-state index in [-0.39, 0.29) is 23.8 Å². The maximum absolute atomic E-state index is 13.3. The number of para-hydroxylation sites is 1. The molecule has 0 bridgehead atoms. The molecule has 3 rings (SSSR count). The maximum atomic E-state index is 13.3. The van der Waals surface area contributed by atoms with Crippen molar-refractivity contribution < 1.29 is 22.7 Å². The zero-order valence-electron chi connectivity index (χ0n) is 15.2. The van der Waals surface area contributed by atoms with Crippen LogP contribution in [0.5, 0.6) is 5.75 Å². The number of hydrogen-bond donors (Lipinski definition) is 1. The minimum Gasteiger partial charge on any atom is -0.497 e. The van der Waals surface area contributed by atoms with Crippen LogP contribution in [0.1, 0.15) is 16.8 Å². The van der Waals surface area contributed by atoms with Gasteiger partial charge in [0.05, 0.1) is 30.5 Å². The quantitative estimate of drug-likeness (QED) is 0.704. The highest BCUT2D eigenvalue weighted by atomic mass is 19.4. The van der Waals surface area contributed by atoms with Gasteiger partial charge in [-0.1, -0.05) is 24.3 Å². The fourth-order valence-corrected chi connectivity index (χ4v) is 2.79. The Kier molecular flexibility index (Phi) is 5.39. The number of benzene rings is 2. The van der Waals surface area contributed by atoms with Gasteiger partial charge in [0.25, 0.3) is 0 Å². The summed E-state index contributed by atoms with van der Waals surface area (Å²) in [5.74, 6) is 0.477. The van der Waals surface area contributed by atoms with Gasteiger partial charge in [0.15, 0.2) is 0 Å². The summed E-state index contributed by atoms with van der Waals surface area (Å²) in [4.78, 5) is 12.4. The monoisotopic (exact) mass is 389 g/mol. The predicted octanol–water partition coefficient (Wildman–Crippen LogP) is 4.39. The molecule has 0 spiro atoms. The molecule has 1 amide bonds. The lowest BCUT2D eigenvalue weighted by molar-refractivity contribution is -0.137. The van der Waals surface area contributed by atoms with E-state index in [2.05, 4.69) is 10.4 Å². The number of carbonyl (C=O) groups excluding carboxylic acids is 1. The van der Waals surface area contributed by atoms with Gasteiger partial charge in [-0.3, -0.25) is 4.79 Å². The number of nitrogens with one attached hydrogen (secondary N) is 1. The molecule has 3 aromatic rings. The van der Waals surface area contributed by atoms with Crippen LogP contribution < -0.4 is 10.1 Å². The zero-order valence-corrected chi connectivity index (χ0v) is 15.2. The van der Waals surface area contributed by atoms with E-state index in [0.717, 1.165) is 16.3 Å². The van der Waals surface area contributed by atoms with Crippen molar-refractivity contribution in [2.24, 2.45) is 0 Å². The van der Waals surface area contributed by atoms with Crippen LogP contribution in [0, 0.1) is 6.92 Å². The Morgan fingerprint density at radius 2 is 1.82 bits per heavy atom. The fourth-order valence-electron chi connectivity index (χ4n) is 2.79. The third-order valence-electron chi connectivity index (χ3n) is 4.06. The number of aromatic nitrogens is 2. The van der Waals surface area contributed by atoms with Gasteiger partial charge in [-0.15, -0.1) is 0 Å². The number of alkyl halides is 3. The van der Waals surface area contributed by atoms with Crippen LogP contribution in [-0.4, -0.2) is 22.8 Å². The van der Waals surface area contributed by atoms with Gasteiger partial charge in [-0.25, -0.2) is 4.68 Å². The van der Waals surface area contributed by atoms with Crippen molar-refractivity contribution in [3.8, 4) is 11.4 Å². The Balaban J connectivity index is 1.86. The van der Waals surface area contributed by atoms with E-state index in [1.807, 2.05) is 0 Å². The topological polar surface area (TPSA) is 56.1 Å². The summed E-state index contributed by atoms with van der Waals surface area (Å²) in [6.45, 7) is 1.64. The van der Waals surface area contributed by atoms with E-state index in [1.165, 1.54) is 24.3 Å². The highest BCUT2D eigenvalue weighted by Gasteiger charge is 2.34. The van der Waals surface area contributed by atoms with Crippen LogP contribution in [0.25, 0.3) is 5.69 Å². The van der Waals surface area contributed by atoms with Gasteiger partial charge < -0.3 is 10.1 Å². The summed E-state index contributed by atoms with van der Waals surface area (Å²) in [6, 6.07) is 13.6. The highest BCUT2D eigenvalue weighted by Crippen LogP contribution is 2.34. The SMILES string of the molecule is COc1ccc(CC(=O)Nc2cc(C)nn2-c2ccccc2C(F)(F)F)cc1. The Morgan fingerprint density at radius 1 is 1.14 bits per heavy atom. The lowest BCUT2D eigenvalue weighted by atomic mass is 10.1. The van der Waals surface area contributed by atoms with Gasteiger partial charge in [0.2, 0.25) is 5.91 Å². The molecule has 146 valence electrons. The number of methoxy groups -OCH3 is 1. The molecule has 5 nitrogen and oxygen atoms in total.